The molecule has 1 rings (SSSR count). The lowest BCUT2D eigenvalue weighted by atomic mass is 10.2. The van der Waals surface area contributed by atoms with E-state index in [-0.39, 0.29) is 6.04 Å². The lowest BCUT2D eigenvalue weighted by molar-refractivity contribution is -0.138. The van der Waals surface area contributed by atoms with Gasteiger partial charge in [-0.15, -0.1) is 0 Å². The van der Waals surface area contributed by atoms with Crippen molar-refractivity contribution in [1.29, 1.82) is 0 Å². The molecule has 4 N–H and O–H groups in total. The highest BCUT2D eigenvalue weighted by Gasteiger charge is 2.27. The Balaban J connectivity index is 2.30. The van der Waals surface area contributed by atoms with Gasteiger partial charge in [0.15, 0.2) is 0 Å². The van der Waals surface area contributed by atoms with E-state index in [0.29, 0.717) is 6.41 Å². The van der Waals surface area contributed by atoms with Gasteiger partial charge in [-0.1, -0.05) is 0 Å². The van der Waals surface area contributed by atoms with Crippen molar-refractivity contribution >= 4 is 29.9 Å². The molecule has 2 atom stereocenters. The van der Waals surface area contributed by atoms with Gasteiger partial charge in [0.1, 0.15) is 12.1 Å². The van der Waals surface area contributed by atoms with Crippen molar-refractivity contribution in [3.63, 3.8) is 0 Å². The summed E-state index contributed by atoms with van der Waals surface area (Å²) in [6, 6.07) is -1.61. The lowest BCUT2D eigenvalue weighted by Gasteiger charge is -2.16. The fourth-order valence-electron chi connectivity index (χ4n) is 1.48. The third-order valence-electron chi connectivity index (χ3n) is 3.05. The summed E-state index contributed by atoms with van der Waals surface area (Å²) in [6.45, 7) is 2.45. The normalized spacial score (nSPS) is 15.9. The van der Waals surface area contributed by atoms with Crippen molar-refractivity contribution in [2.24, 2.45) is 0 Å². The van der Waals surface area contributed by atoms with Crippen LogP contribution in [0.15, 0.2) is 0 Å². The first-order valence-corrected chi connectivity index (χ1v) is 6.96. The molecule has 4 amide bonds. The van der Waals surface area contributed by atoms with Gasteiger partial charge >= 0.3 is 0 Å². The Hall–Kier alpha value is -2.45. The Labute approximate surface area is 127 Å². The van der Waals surface area contributed by atoms with Crippen molar-refractivity contribution in [3.05, 3.63) is 0 Å². The largest absolute Gasteiger partial charge is 0.347 e. The number of carbonyl (C=O) groups excluding carboxylic acids is 5. The molecule has 1 saturated carbocycles. The minimum Gasteiger partial charge on any atom is -0.347 e. The maximum absolute atomic E-state index is 11.7. The van der Waals surface area contributed by atoms with Crippen molar-refractivity contribution in [2.45, 2.75) is 44.8 Å². The molecule has 0 aliphatic heterocycles. The highest BCUT2D eigenvalue weighted by molar-refractivity contribution is 6.37. The van der Waals surface area contributed by atoms with Crippen LogP contribution in [0.2, 0.25) is 0 Å². The minimum absolute atomic E-state index is 0.0668. The number of amides is 4. The van der Waals surface area contributed by atoms with E-state index in [2.05, 4.69) is 21.3 Å². The fraction of sp³-hybridized carbons (Fsp3) is 0.615. The van der Waals surface area contributed by atoms with Crippen LogP contribution in [-0.4, -0.2) is 54.6 Å². The molecule has 0 bridgehead atoms. The third kappa shape index (κ3) is 5.90. The van der Waals surface area contributed by atoms with Crippen LogP contribution >= 0.6 is 0 Å². The van der Waals surface area contributed by atoms with Crippen molar-refractivity contribution in [3.8, 4) is 0 Å². The summed E-state index contributed by atoms with van der Waals surface area (Å²) in [4.78, 5) is 56.4. The zero-order valence-corrected chi connectivity index (χ0v) is 12.5. The maximum atomic E-state index is 11.7. The monoisotopic (exact) mass is 312 g/mol. The van der Waals surface area contributed by atoms with Gasteiger partial charge in [-0.3, -0.25) is 24.0 Å². The predicted octanol–water partition coefficient (Wildman–Crippen LogP) is -2.41. The van der Waals surface area contributed by atoms with Crippen LogP contribution in [0.1, 0.15) is 26.7 Å². The van der Waals surface area contributed by atoms with E-state index in [0.717, 1.165) is 12.8 Å². The summed E-state index contributed by atoms with van der Waals surface area (Å²) in [5, 5.41) is 9.42. The summed E-state index contributed by atoms with van der Waals surface area (Å²) in [5.41, 5.74) is 0. The first kappa shape index (κ1) is 17.6. The number of carbonyl (C=O) groups is 5. The van der Waals surface area contributed by atoms with Crippen LogP contribution in [0.5, 0.6) is 0 Å². The van der Waals surface area contributed by atoms with Gasteiger partial charge in [0, 0.05) is 6.04 Å². The second-order valence-corrected chi connectivity index (χ2v) is 5.13. The van der Waals surface area contributed by atoms with E-state index in [1.54, 1.807) is 0 Å². The maximum Gasteiger partial charge on any atom is 0.289 e. The molecule has 9 nitrogen and oxygen atoms in total. The second-order valence-electron chi connectivity index (χ2n) is 5.13. The van der Waals surface area contributed by atoms with Gasteiger partial charge in [0.25, 0.3) is 5.91 Å². The van der Waals surface area contributed by atoms with Crippen LogP contribution in [-0.2, 0) is 24.0 Å². The number of nitrogens with one attached hydrogen (secondary N) is 4. The van der Waals surface area contributed by atoms with Crippen molar-refractivity contribution < 1.29 is 24.0 Å². The predicted molar refractivity (Wildman–Crippen MR) is 75.4 cm³/mol. The lowest BCUT2D eigenvalue weighted by Crippen LogP contribution is -2.51. The molecule has 0 aromatic rings. The number of hydrogen-bond donors (Lipinski definition) is 4. The third-order valence-corrected chi connectivity index (χ3v) is 3.05. The molecule has 1 aliphatic rings. The van der Waals surface area contributed by atoms with Crippen LogP contribution < -0.4 is 21.3 Å². The standard InChI is InChI=1S/C13H20N4O5/c1-7(15-6-18)12(21)16-8(2)11(20)14-5-10(19)13(22)17-9-3-4-9/h6-9H,3-5H2,1-2H3,(H,14,20)(H,15,18)(H,16,21)(H,17,22)/t7?,8-/m0/s1. The smallest absolute Gasteiger partial charge is 0.289 e. The molecule has 0 radical (unpaired) electrons. The van der Waals surface area contributed by atoms with E-state index in [4.69, 9.17) is 0 Å². The molecular formula is C13H20N4O5. The Morgan fingerprint density at radius 2 is 1.73 bits per heavy atom. The zero-order valence-electron chi connectivity index (χ0n) is 12.5. The highest BCUT2D eigenvalue weighted by Crippen LogP contribution is 2.18. The van der Waals surface area contributed by atoms with Gasteiger partial charge in [-0.05, 0) is 26.7 Å². The molecule has 122 valence electrons. The molecule has 0 aromatic heterocycles. The van der Waals surface area contributed by atoms with E-state index in [1.807, 2.05) is 0 Å². The summed E-state index contributed by atoms with van der Waals surface area (Å²) in [7, 11) is 0. The quantitative estimate of drug-likeness (QED) is 0.278. The zero-order chi connectivity index (χ0) is 16.7. The van der Waals surface area contributed by atoms with Gasteiger partial charge in [0.05, 0.1) is 6.54 Å². The molecule has 0 saturated heterocycles. The Morgan fingerprint density at radius 3 is 2.27 bits per heavy atom. The summed E-state index contributed by atoms with van der Waals surface area (Å²) in [6.07, 6.45) is 2.11. The van der Waals surface area contributed by atoms with Crippen molar-refractivity contribution in [2.75, 3.05) is 6.54 Å². The molecule has 1 unspecified atom stereocenters. The summed E-state index contributed by atoms with van der Waals surface area (Å²) < 4.78 is 0. The molecule has 0 heterocycles. The SMILES string of the molecule is CC(NC=O)C(=O)N[C@@H](C)C(=O)NCC(=O)C(=O)NC1CC1. The Morgan fingerprint density at radius 1 is 1.09 bits per heavy atom. The molecule has 9 heteroatoms. The van der Waals surface area contributed by atoms with Crippen LogP contribution in [0.25, 0.3) is 0 Å². The number of rotatable bonds is 9. The topological polar surface area (TPSA) is 133 Å². The molecule has 1 aliphatic carbocycles. The molecule has 22 heavy (non-hydrogen) atoms. The first-order valence-electron chi connectivity index (χ1n) is 6.96. The average molecular weight is 312 g/mol. The number of hydrogen-bond acceptors (Lipinski definition) is 5. The van der Waals surface area contributed by atoms with E-state index >= 15 is 0 Å². The van der Waals surface area contributed by atoms with Gasteiger partial charge in [-0.25, -0.2) is 0 Å². The minimum atomic E-state index is -0.900. The van der Waals surface area contributed by atoms with Crippen molar-refractivity contribution in [1.82, 2.24) is 21.3 Å². The van der Waals surface area contributed by atoms with Gasteiger partial charge in [0.2, 0.25) is 24.0 Å². The average Bonchev–Trinajstić information content (AvgIpc) is 3.28. The highest BCUT2D eigenvalue weighted by atomic mass is 16.2. The van der Waals surface area contributed by atoms with Crippen LogP contribution in [0.3, 0.4) is 0 Å². The molecular weight excluding hydrogens is 292 g/mol. The number of Topliss-reactive ketones (excluding diaryl/α,β-unsaturated/α-hetero) is 1. The fourth-order valence-corrected chi connectivity index (χ4v) is 1.48. The molecule has 1 fully saturated rings. The summed E-state index contributed by atoms with van der Waals surface area (Å²) in [5.74, 6) is -2.59. The van der Waals surface area contributed by atoms with E-state index in [9.17, 15) is 24.0 Å². The molecule has 0 spiro atoms. The Kier molecular flexibility index (Phi) is 6.48. The second kappa shape index (κ2) is 8.11. The van der Waals surface area contributed by atoms with E-state index in [1.165, 1.54) is 13.8 Å². The number of ketones is 1. The van der Waals surface area contributed by atoms with Crippen LogP contribution in [0.4, 0.5) is 0 Å². The Bertz CT molecular complexity index is 475. The van der Waals surface area contributed by atoms with Crippen LogP contribution in [0, 0.1) is 0 Å². The van der Waals surface area contributed by atoms with E-state index < -0.39 is 42.1 Å². The first-order chi connectivity index (χ1) is 10.3. The molecule has 0 aromatic carbocycles. The van der Waals surface area contributed by atoms with Gasteiger partial charge in [-0.2, -0.15) is 0 Å². The van der Waals surface area contributed by atoms with Gasteiger partial charge < -0.3 is 21.3 Å². The summed E-state index contributed by atoms with van der Waals surface area (Å²) >= 11 is 0.